The number of piperazine rings is 1. The summed E-state index contributed by atoms with van der Waals surface area (Å²) in [6, 6.07) is 19.3. The van der Waals surface area contributed by atoms with E-state index in [-0.39, 0.29) is 50.1 Å². The molecule has 1 aliphatic heterocycles. The Bertz CT molecular complexity index is 1530. The summed E-state index contributed by atoms with van der Waals surface area (Å²) in [6.45, 7) is 3.97. The van der Waals surface area contributed by atoms with E-state index in [9.17, 15) is 22.8 Å². The number of ether oxygens (including phenoxy) is 1. The maximum atomic E-state index is 13.9. The van der Waals surface area contributed by atoms with Crippen LogP contribution in [0.4, 0.5) is 4.79 Å². The Morgan fingerprint density at radius 2 is 1.67 bits per heavy atom. The minimum atomic E-state index is -4.10. The highest BCUT2D eigenvalue weighted by atomic mass is 32.2. The Hall–Kier alpha value is -4.00. The predicted molar refractivity (Wildman–Crippen MR) is 163 cm³/mol. The van der Waals surface area contributed by atoms with Crippen molar-refractivity contribution in [1.29, 1.82) is 0 Å². The number of rotatable bonds is 11. The lowest BCUT2D eigenvalue weighted by Gasteiger charge is -2.40. The van der Waals surface area contributed by atoms with Crippen molar-refractivity contribution in [3.8, 4) is 0 Å². The third-order valence-electron chi connectivity index (χ3n) is 7.23. The first kappa shape index (κ1) is 31.9. The number of nitrogens with one attached hydrogen (secondary N) is 2. The Morgan fingerprint density at radius 3 is 2.37 bits per heavy atom. The van der Waals surface area contributed by atoms with Crippen LogP contribution in [0.2, 0.25) is 0 Å². The molecule has 0 bridgehead atoms. The second kappa shape index (κ2) is 14.5. The van der Waals surface area contributed by atoms with Crippen LogP contribution in [-0.4, -0.2) is 80.3 Å². The maximum absolute atomic E-state index is 13.9. The Labute approximate surface area is 252 Å². The first-order valence-electron chi connectivity index (χ1n) is 14.3. The summed E-state index contributed by atoms with van der Waals surface area (Å²) in [5.41, 5.74) is 6.38. The SMILES string of the molecule is CC(C)CC(NC(=O)OCc1ccccc1)C(=O)N1CCN(S(=O)(=O)c2ccc3ccccc3c2)C(C(=O)NCCN)C1. The average molecular weight is 610 g/mol. The van der Waals surface area contributed by atoms with Gasteiger partial charge in [-0.15, -0.1) is 0 Å². The van der Waals surface area contributed by atoms with Gasteiger partial charge in [0.1, 0.15) is 18.7 Å². The van der Waals surface area contributed by atoms with Gasteiger partial charge in [0.2, 0.25) is 21.8 Å². The molecule has 11 nitrogen and oxygen atoms in total. The smallest absolute Gasteiger partial charge is 0.408 e. The number of nitrogens with zero attached hydrogens (tertiary/aromatic N) is 2. The Morgan fingerprint density at radius 1 is 0.977 bits per heavy atom. The molecule has 0 aliphatic carbocycles. The maximum Gasteiger partial charge on any atom is 0.408 e. The number of alkyl carbamates (subject to hydrolysis) is 1. The number of hydrogen-bond acceptors (Lipinski definition) is 7. The monoisotopic (exact) mass is 609 g/mol. The predicted octanol–water partition coefficient (Wildman–Crippen LogP) is 2.46. The van der Waals surface area contributed by atoms with Crippen LogP contribution in [0.25, 0.3) is 10.8 Å². The molecular formula is C31H39N5O6S. The summed E-state index contributed by atoms with van der Waals surface area (Å²) in [6.07, 6.45) is -0.406. The van der Waals surface area contributed by atoms with Crippen LogP contribution < -0.4 is 16.4 Å². The lowest BCUT2D eigenvalue weighted by molar-refractivity contribution is -0.138. The molecule has 1 fully saturated rings. The van der Waals surface area contributed by atoms with Gasteiger partial charge in [0, 0.05) is 32.7 Å². The topological polar surface area (TPSA) is 151 Å². The number of carbonyl (C=O) groups excluding carboxylic acids is 3. The highest BCUT2D eigenvalue weighted by Gasteiger charge is 2.42. The highest BCUT2D eigenvalue weighted by molar-refractivity contribution is 7.89. The fourth-order valence-corrected chi connectivity index (χ4v) is 6.67. The highest BCUT2D eigenvalue weighted by Crippen LogP contribution is 2.26. The van der Waals surface area contributed by atoms with Gasteiger partial charge in [0.25, 0.3) is 0 Å². The molecule has 2 unspecified atom stereocenters. The minimum absolute atomic E-state index is 0.0433. The number of amides is 3. The molecule has 1 saturated heterocycles. The molecule has 4 rings (SSSR count). The second-order valence-electron chi connectivity index (χ2n) is 10.9. The summed E-state index contributed by atoms with van der Waals surface area (Å²) in [7, 11) is -4.10. The number of nitrogens with two attached hydrogens (primary N) is 1. The molecule has 0 spiro atoms. The van der Waals surface area contributed by atoms with E-state index in [1.807, 2.05) is 68.4 Å². The molecule has 1 heterocycles. The van der Waals surface area contributed by atoms with E-state index in [1.54, 1.807) is 12.1 Å². The molecule has 43 heavy (non-hydrogen) atoms. The normalized spacial score (nSPS) is 16.6. The molecule has 3 aromatic rings. The van der Waals surface area contributed by atoms with Crippen molar-refractivity contribution in [2.75, 3.05) is 32.7 Å². The van der Waals surface area contributed by atoms with Gasteiger partial charge in [0.15, 0.2) is 0 Å². The van der Waals surface area contributed by atoms with E-state index in [0.29, 0.717) is 6.42 Å². The first-order valence-corrected chi connectivity index (χ1v) is 15.8. The summed E-state index contributed by atoms with van der Waals surface area (Å²) in [5, 5.41) is 6.99. The number of hydrogen-bond donors (Lipinski definition) is 3. The molecule has 12 heteroatoms. The van der Waals surface area contributed by atoms with Crippen LogP contribution in [0.3, 0.4) is 0 Å². The number of fused-ring (bicyclic) bond motifs is 1. The largest absolute Gasteiger partial charge is 0.445 e. The van der Waals surface area contributed by atoms with Crippen LogP contribution in [-0.2, 0) is 31.0 Å². The van der Waals surface area contributed by atoms with Crippen molar-refractivity contribution in [2.24, 2.45) is 11.7 Å². The van der Waals surface area contributed by atoms with Gasteiger partial charge < -0.3 is 26.0 Å². The lowest BCUT2D eigenvalue weighted by atomic mass is 10.0. The van der Waals surface area contributed by atoms with E-state index in [1.165, 1.54) is 11.0 Å². The van der Waals surface area contributed by atoms with Crippen LogP contribution >= 0.6 is 0 Å². The third-order valence-corrected chi connectivity index (χ3v) is 9.13. The molecule has 2 atom stereocenters. The van der Waals surface area contributed by atoms with Crippen molar-refractivity contribution in [3.05, 3.63) is 78.4 Å². The van der Waals surface area contributed by atoms with Crippen LogP contribution in [0.1, 0.15) is 25.8 Å². The zero-order chi connectivity index (χ0) is 31.0. The molecule has 1 aliphatic rings. The molecular weight excluding hydrogens is 570 g/mol. The standard InChI is InChI=1S/C31H39N5O6S/c1-22(2)18-27(34-31(39)42-21-23-8-4-3-5-9-23)30(38)35-16-17-36(28(20-35)29(37)33-15-14-32)43(40,41)26-13-12-24-10-6-7-11-25(24)19-26/h3-13,19,22,27-28H,14-18,20-21,32H2,1-2H3,(H,33,37)(H,34,39). The third kappa shape index (κ3) is 8.09. The second-order valence-corrected chi connectivity index (χ2v) is 12.8. The zero-order valence-electron chi connectivity index (χ0n) is 24.4. The Kier molecular flexibility index (Phi) is 10.7. The summed E-state index contributed by atoms with van der Waals surface area (Å²) in [5.74, 6) is -0.908. The van der Waals surface area contributed by atoms with Gasteiger partial charge in [-0.2, -0.15) is 4.31 Å². The molecule has 0 radical (unpaired) electrons. The van der Waals surface area contributed by atoms with E-state index < -0.39 is 40.0 Å². The van der Waals surface area contributed by atoms with Crippen LogP contribution in [0, 0.1) is 5.92 Å². The van der Waals surface area contributed by atoms with E-state index in [0.717, 1.165) is 20.6 Å². The van der Waals surface area contributed by atoms with Gasteiger partial charge in [-0.3, -0.25) is 9.59 Å². The van der Waals surface area contributed by atoms with Crippen molar-refractivity contribution < 1.29 is 27.5 Å². The summed E-state index contributed by atoms with van der Waals surface area (Å²) >= 11 is 0. The van der Waals surface area contributed by atoms with Crippen molar-refractivity contribution in [3.63, 3.8) is 0 Å². The minimum Gasteiger partial charge on any atom is -0.445 e. The van der Waals surface area contributed by atoms with Gasteiger partial charge in [-0.1, -0.05) is 74.5 Å². The Balaban J connectivity index is 1.53. The molecule has 3 aromatic carbocycles. The molecule has 230 valence electrons. The van der Waals surface area contributed by atoms with Crippen LogP contribution in [0.5, 0.6) is 0 Å². The van der Waals surface area contributed by atoms with Crippen molar-refractivity contribution in [2.45, 2.75) is 43.9 Å². The number of sulfonamides is 1. The van der Waals surface area contributed by atoms with E-state index >= 15 is 0 Å². The quantitative estimate of drug-likeness (QED) is 0.302. The van der Waals surface area contributed by atoms with E-state index in [4.69, 9.17) is 10.5 Å². The van der Waals surface area contributed by atoms with Crippen LogP contribution in [0.15, 0.2) is 77.7 Å². The molecule has 4 N–H and O–H groups in total. The zero-order valence-corrected chi connectivity index (χ0v) is 25.3. The molecule has 3 amide bonds. The fourth-order valence-electron chi connectivity index (χ4n) is 5.06. The van der Waals surface area contributed by atoms with Gasteiger partial charge in [0.05, 0.1) is 4.90 Å². The summed E-state index contributed by atoms with van der Waals surface area (Å²) < 4.78 is 34.2. The van der Waals surface area contributed by atoms with Gasteiger partial charge >= 0.3 is 6.09 Å². The fraction of sp³-hybridized carbons (Fsp3) is 0.387. The molecule has 0 saturated carbocycles. The van der Waals surface area contributed by atoms with Gasteiger partial charge in [-0.05, 0) is 40.8 Å². The number of benzene rings is 3. The lowest BCUT2D eigenvalue weighted by Crippen LogP contribution is -2.63. The molecule has 0 aromatic heterocycles. The van der Waals surface area contributed by atoms with Gasteiger partial charge in [-0.25, -0.2) is 13.2 Å². The first-order chi connectivity index (χ1) is 20.6. The van der Waals surface area contributed by atoms with Crippen molar-refractivity contribution in [1.82, 2.24) is 19.8 Å². The summed E-state index contributed by atoms with van der Waals surface area (Å²) in [4.78, 5) is 41.2. The van der Waals surface area contributed by atoms with E-state index in [2.05, 4.69) is 10.6 Å². The average Bonchev–Trinajstić information content (AvgIpc) is 3.01. The number of carbonyl (C=O) groups is 3. The van der Waals surface area contributed by atoms with Crippen molar-refractivity contribution >= 4 is 38.7 Å².